The summed E-state index contributed by atoms with van der Waals surface area (Å²) in [5.74, 6) is 0. The summed E-state index contributed by atoms with van der Waals surface area (Å²) in [7, 11) is -0.835. The van der Waals surface area contributed by atoms with Gasteiger partial charge < -0.3 is 0 Å². The van der Waals surface area contributed by atoms with E-state index in [1.165, 1.54) is 0 Å². The fraction of sp³-hybridized carbons (Fsp3) is 0. The van der Waals surface area contributed by atoms with Gasteiger partial charge >= 0.3 is 8.69 Å². The molecule has 3 nitrogen and oxygen atoms in total. The number of para-hydroxylation sites is 2. The van der Waals surface area contributed by atoms with Crippen LogP contribution in [0.3, 0.4) is 0 Å². The Balaban J connectivity index is 2.35. The van der Waals surface area contributed by atoms with Crippen molar-refractivity contribution >= 4 is 20.1 Å². The molecule has 0 fully saturated rings. The van der Waals surface area contributed by atoms with Crippen LogP contribution in [0.15, 0.2) is 60.7 Å². The molecule has 4 heteroatoms. The number of anilines is 2. The van der Waals surface area contributed by atoms with Gasteiger partial charge in [-0.05, 0) is 33.5 Å². The lowest BCUT2D eigenvalue weighted by molar-refractivity contribution is 0.349. The molecule has 0 heterocycles. The van der Waals surface area contributed by atoms with Gasteiger partial charge in [-0.1, -0.05) is 36.4 Å². The average molecular weight is 232 g/mol. The molecule has 0 N–H and O–H groups in total. The van der Waals surface area contributed by atoms with Crippen molar-refractivity contribution in [2.45, 2.75) is 0 Å². The van der Waals surface area contributed by atoms with E-state index < -0.39 is 8.69 Å². The number of rotatable bonds is 4. The lowest BCUT2D eigenvalue weighted by atomic mass is 10.2. The van der Waals surface area contributed by atoms with Crippen LogP contribution >= 0.6 is 8.69 Å². The van der Waals surface area contributed by atoms with Crippen molar-refractivity contribution in [3.05, 3.63) is 60.7 Å². The molecule has 0 saturated heterocycles. The molecule has 0 aromatic heterocycles. The highest BCUT2D eigenvalue weighted by Gasteiger charge is 2.12. The zero-order valence-corrected chi connectivity index (χ0v) is 9.54. The van der Waals surface area contributed by atoms with Crippen molar-refractivity contribution in [2.24, 2.45) is 0 Å². The topological polar surface area (TPSA) is 29.5 Å². The Morgan fingerprint density at radius 1 is 0.812 bits per heavy atom. The summed E-state index contributed by atoms with van der Waals surface area (Å²) in [5, 5.41) is 1.55. The lowest BCUT2D eigenvalue weighted by Gasteiger charge is -2.15. The molecule has 0 bridgehead atoms. The normalized spacial score (nSPS) is 10.2. The summed E-state index contributed by atoms with van der Waals surface area (Å²) in [6, 6.07) is 19.1. The molecule has 0 spiro atoms. The summed E-state index contributed by atoms with van der Waals surface area (Å²) < 4.78 is 15.8. The third kappa shape index (κ3) is 2.45. The fourth-order valence-corrected chi connectivity index (χ4v) is 1.70. The highest BCUT2D eigenvalue weighted by atomic mass is 31.1. The Morgan fingerprint density at radius 2 is 1.25 bits per heavy atom. The van der Waals surface area contributed by atoms with E-state index in [1.807, 2.05) is 60.7 Å². The molecule has 16 heavy (non-hydrogen) atoms. The molecule has 0 saturated carbocycles. The van der Waals surface area contributed by atoms with E-state index in [9.17, 15) is 4.57 Å². The molecule has 1 atom stereocenters. The minimum atomic E-state index is -0.835. The van der Waals surface area contributed by atoms with Crippen molar-refractivity contribution in [1.82, 2.24) is 0 Å². The summed E-state index contributed by atoms with van der Waals surface area (Å²) in [6.45, 7) is 0. The van der Waals surface area contributed by atoms with Gasteiger partial charge in [0.2, 0.25) is 0 Å². The molecule has 80 valence electrons. The van der Waals surface area contributed by atoms with Crippen LogP contribution in [0.1, 0.15) is 0 Å². The molecule has 0 aliphatic rings. The number of nitrogens with zero attached hydrogens (tertiary/aromatic N) is 1. The molecular weight excluding hydrogens is 221 g/mol. The number of hydrogen-bond acceptors (Lipinski definition) is 3. The van der Waals surface area contributed by atoms with Crippen LogP contribution in [-0.2, 0) is 9.19 Å². The van der Waals surface area contributed by atoms with Gasteiger partial charge in [0.05, 0.1) is 11.4 Å². The molecule has 0 aliphatic carbocycles. The largest absolute Gasteiger partial charge is 0.518 e. The zero-order valence-electron chi connectivity index (χ0n) is 8.54. The third-order valence-electron chi connectivity index (χ3n) is 2.11. The Bertz CT molecular complexity index is 408. The van der Waals surface area contributed by atoms with E-state index in [1.54, 1.807) is 5.06 Å². The smallest absolute Gasteiger partial charge is 0.173 e. The number of hydrogen-bond donors (Lipinski definition) is 0. The van der Waals surface area contributed by atoms with E-state index in [0.29, 0.717) is 0 Å². The first-order valence-corrected chi connectivity index (χ1v) is 5.68. The second-order valence-corrected chi connectivity index (χ2v) is 3.49. The van der Waals surface area contributed by atoms with Gasteiger partial charge in [0, 0.05) is 0 Å². The Hall–Kier alpha value is -1.70. The summed E-state index contributed by atoms with van der Waals surface area (Å²) in [4.78, 5) is 0. The molecule has 2 rings (SSSR count). The van der Waals surface area contributed by atoms with Gasteiger partial charge in [-0.25, -0.2) is 0 Å². The van der Waals surface area contributed by atoms with E-state index in [-0.39, 0.29) is 0 Å². The monoisotopic (exact) mass is 232 g/mol. The van der Waals surface area contributed by atoms with Crippen molar-refractivity contribution < 1.29 is 9.19 Å². The van der Waals surface area contributed by atoms with Gasteiger partial charge in [0.25, 0.3) is 0 Å². The van der Waals surface area contributed by atoms with Gasteiger partial charge in [0.15, 0.2) is 0 Å². The Morgan fingerprint density at radius 3 is 1.62 bits per heavy atom. The van der Waals surface area contributed by atoms with Gasteiger partial charge in [-0.15, -0.1) is 0 Å². The minimum absolute atomic E-state index is 0.835. The molecule has 0 aliphatic heterocycles. The lowest BCUT2D eigenvalue weighted by Crippen LogP contribution is -2.11. The summed E-state index contributed by atoms with van der Waals surface area (Å²) in [5.41, 5.74) is 1.69. The predicted octanol–water partition coefficient (Wildman–Crippen LogP) is 3.70. The maximum Gasteiger partial charge on any atom is 0.518 e. The quantitative estimate of drug-likeness (QED) is 0.594. The molecule has 0 radical (unpaired) electrons. The first-order valence-electron chi connectivity index (χ1n) is 4.86. The summed E-state index contributed by atoms with van der Waals surface area (Å²) >= 11 is 0. The standard InChI is InChI=1S/C12H11NO2P/c14-16-15-13(11-7-3-1-4-8-11)12-9-5-2-6-10-12/h1-10,16H/q+1. The summed E-state index contributed by atoms with van der Waals surface area (Å²) in [6.07, 6.45) is 0. The molecule has 0 amide bonds. The van der Waals surface area contributed by atoms with Gasteiger partial charge in [0.1, 0.15) is 0 Å². The second-order valence-electron chi connectivity index (χ2n) is 3.14. The highest BCUT2D eigenvalue weighted by Crippen LogP contribution is 2.27. The van der Waals surface area contributed by atoms with Crippen molar-refractivity contribution in [3.8, 4) is 0 Å². The molecule has 2 aromatic carbocycles. The van der Waals surface area contributed by atoms with E-state index in [0.717, 1.165) is 11.4 Å². The molecule has 1 unspecified atom stereocenters. The van der Waals surface area contributed by atoms with Crippen LogP contribution in [0, 0.1) is 0 Å². The zero-order chi connectivity index (χ0) is 11.2. The Labute approximate surface area is 95.5 Å². The van der Waals surface area contributed by atoms with E-state index >= 15 is 0 Å². The van der Waals surface area contributed by atoms with E-state index in [2.05, 4.69) is 0 Å². The van der Waals surface area contributed by atoms with Crippen LogP contribution in [0.4, 0.5) is 11.4 Å². The first-order chi connectivity index (χ1) is 7.92. The highest BCUT2D eigenvalue weighted by molar-refractivity contribution is 7.17. The van der Waals surface area contributed by atoms with Crippen LogP contribution in [0.25, 0.3) is 0 Å². The second kappa shape index (κ2) is 5.40. The molecule has 2 aromatic rings. The number of benzene rings is 2. The van der Waals surface area contributed by atoms with Crippen LogP contribution in [0.5, 0.6) is 0 Å². The minimum Gasteiger partial charge on any atom is -0.173 e. The van der Waals surface area contributed by atoms with E-state index in [4.69, 9.17) is 4.62 Å². The van der Waals surface area contributed by atoms with Crippen molar-refractivity contribution in [3.63, 3.8) is 0 Å². The molecular formula is C12H11NO2P+. The Kier molecular flexibility index (Phi) is 3.65. The predicted molar refractivity (Wildman–Crippen MR) is 65.1 cm³/mol. The van der Waals surface area contributed by atoms with Crippen molar-refractivity contribution in [2.75, 3.05) is 5.06 Å². The average Bonchev–Trinajstić information content (AvgIpc) is 2.38. The van der Waals surface area contributed by atoms with Crippen LogP contribution < -0.4 is 5.06 Å². The van der Waals surface area contributed by atoms with Crippen molar-refractivity contribution in [1.29, 1.82) is 0 Å². The van der Waals surface area contributed by atoms with Gasteiger partial charge in [-0.2, -0.15) is 5.06 Å². The third-order valence-corrected chi connectivity index (χ3v) is 2.37. The van der Waals surface area contributed by atoms with Gasteiger partial charge in [-0.3, -0.25) is 0 Å². The maximum absolute atomic E-state index is 10.7. The fourth-order valence-electron chi connectivity index (χ4n) is 1.42. The maximum atomic E-state index is 10.7. The van der Waals surface area contributed by atoms with Crippen LogP contribution in [-0.4, -0.2) is 0 Å². The SMILES string of the molecule is O=[PH+]ON(c1ccccc1)c1ccccc1. The van der Waals surface area contributed by atoms with Crippen LogP contribution in [0.2, 0.25) is 0 Å². The first kappa shape index (κ1) is 10.8.